The molecule has 0 atom stereocenters. The van der Waals surface area contributed by atoms with E-state index in [2.05, 4.69) is 74.9 Å². The van der Waals surface area contributed by atoms with E-state index in [1.54, 1.807) is 0 Å². The average Bonchev–Trinajstić information content (AvgIpc) is 3.54. The molecular formula is C28H41N3O2. The number of aryl methyl sites for hydroxylation is 1. The van der Waals surface area contributed by atoms with E-state index in [0.717, 1.165) is 50.9 Å². The van der Waals surface area contributed by atoms with Crippen LogP contribution in [-0.4, -0.2) is 45.8 Å². The van der Waals surface area contributed by atoms with Crippen LogP contribution in [0.2, 0.25) is 0 Å². The Morgan fingerprint density at radius 1 is 1.09 bits per heavy atom. The molecule has 0 aliphatic heterocycles. The lowest BCUT2D eigenvalue weighted by Gasteiger charge is -2.28. The first kappa shape index (κ1) is 25.1. The molecule has 1 aliphatic carbocycles. The van der Waals surface area contributed by atoms with Crippen LogP contribution < -0.4 is 0 Å². The highest BCUT2D eigenvalue weighted by Crippen LogP contribution is 2.31. The first-order valence-electron chi connectivity index (χ1n) is 12.6. The van der Waals surface area contributed by atoms with Crippen molar-refractivity contribution in [2.24, 2.45) is 11.8 Å². The molecular weight excluding hydrogens is 410 g/mol. The van der Waals surface area contributed by atoms with Crippen LogP contribution in [0.5, 0.6) is 0 Å². The van der Waals surface area contributed by atoms with Crippen LogP contribution in [0.25, 0.3) is 0 Å². The number of carbonyl (C=O) groups excluding carboxylic acids is 2. The molecule has 2 aromatic rings. The number of unbranched alkanes of at least 4 members (excludes halogenated alkanes) is 1. The van der Waals surface area contributed by atoms with Gasteiger partial charge in [-0.05, 0) is 56.2 Å². The summed E-state index contributed by atoms with van der Waals surface area (Å²) in [5.74, 6) is 0.878. The minimum absolute atomic E-state index is 0.0597. The summed E-state index contributed by atoms with van der Waals surface area (Å²) in [7, 11) is 0. The van der Waals surface area contributed by atoms with Gasteiger partial charge in [-0.2, -0.15) is 0 Å². The minimum Gasteiger partial charge on any atom is -0.345 e. The maximum absolute atomic E-state index is 13.4. The Morgan fingerprint density at radius 3 is 2.55 bits per heavy atom. The van der Waals surface area contributed by atoms with Gasteiger partial charge in [0.05, 0.1) is 13.1 Å². The number of aromatic nitrogens is 1. The van der Waals surface area contributed by atoms with Gasteiger partial charge in [0.2, 0.25) is 11.8 Å². The van der Waals surface area contributed by atoms with Crippen molar-refractivity contribution in [1.29, 1.82) is 0 Å². The molecule has 1 aromatic carbocycles. The molecule has 5 nitrogen and oxygen atoms in total. The number of nitrogens with zero attached hydrogens (tertiary/aromatic N) is 3. The molecule has 5 heteroatoms. The SMILES string of the molecule is CCCCN(Cc1cccn1Cc1cccc(C)c1)C(=O)CN(CCC(C)C)C(=O)C1CC1. The summed E-state index contributed by atoms with van der Waals surface area (Å²) in [6, 6.07) is 12.7. The molecule has 0 saturated heterocycles. The van der Waals surface area contributed by atoms with Crippen LogP contribution in [0.1, 0.15) is 69.7 Å². The Hall–Kier alpha value is -2.56. The standard InChI is InChI=1S/C28H41N3O2/c1-5-6-15-30(27(32)21-31(17-14-22(2)3)28(33)25-12-13-25)20-26-11-8-16-29(26)19-24-10-7-9-23(4)18-24/h7-11,16,18,22,25H,5-6,12-15,17,19-21H2,1-4H3. The summed E-state index contributed by atoms with van der Waals surface area (Å²) < 4.78 is 2.23. The van der Waals surface area contributed by atoms with E-state index in [9.17, 15) is 9.59 Å². The molecule has 0 radical (unpaired) electrons. The van der Waals surface area contributed by atoms with E-state index in [1.165, 1.54) is 11.1 Å². The minimum atomic E-state index is 0.0597. The smallest absolute Gasteiger partial charge is 0.242 e. The van der Waals surface area contributed by atoms with Crippen molar-refractivity contribution < 1.29 is 9.59 Å². The highest BCUT2D eigenvalue weighted by molar-refractivity contribution is 5.87. The van der Waals surface area contributed by atoms with E-state index in [0.29, 0.717) is 19.0 Å². The predicted octanol–water partition coefficient (Wildman–Crippen LogP) is 5.26. The molecule has 0 spiro atoms. The lowest BCUT2D eigenvalue weighted by molar-refractivity contribution is -0.141. The van der Waals surface area contributed by atoms with Gasteiger partial charge < -0.3 is 14.4 Å². The monoisotopic (exact) mass is 451 g/mol. The molecule has 1 heterocycles. The number of hydrogen-bond acceptors (Lipinski definition) is 2. The number of benzene rings is 1. The van der Waals surface area contributed by atoms with Crippen molar-refractivity contribution in [2.45, 2.75) is 72.9 Å². The van der Waals surface area contributed by atoms with Crippen molar-refractivity contribution in [3.05, 3.63) is 59.4 Å². The van der Waals surface area contributed by atoms with E-state index in [4.69, 9.17) is 0 Å². The second-order valence-corrected chi connectivity index (χ2v) is 10.0. The zero-order valence-electron chi connectivity index (χ0n) is 20.9. The van der Waals surface area contributed by atoms with Crippen molar-refractivity contribution in [3.63, 3.8) is 0 Å². The molecule has 1 fully saturated rings. The summed E-state index contributed by atoms with van der Waals surface area (Å²) >= 11 is 0. The lowest BCUT2D eigenvalue weighted by atomic mass is 10.1. The fourth-order valence-electron chi connectivity index (χ4n) is 4.12. The van der Waals surface area contributed by atoms with Crippen LogP contribution in [0, 0.1) is 18.8 Å². The summed E-state index contributed by atoms with van der Waals surface area (Å²) in [6.07, 6.45) is 6.96. The predicted molar refractivity (Wildman–Crippen MR) is 134 cm³/mol. The Balaban J connectivity index is 1.70. The number of carbonyl (C=O) groups is 2. The largest absolute Gasteiger partial charge is 0.345 e. The van der Waals surface area contributed by atoms with Crippen LogP contribution in [0.15, 0.2) is 42.6 Å². The third-order valence-corrected chi connectivity index (χ3v) is 6.39. The van der Waals surface area contributed by atoms with Crippen LogP contribution in [-0.2, 0) is 22.7 Å². The molecule has 1 aromatic heterocycles. The second kappa shape index (κ2) is 12.1. The third-order valence-electron chi connectivity index (χ3n) is 6.39. The lowest BCUT2D eigenvalue weighted by Crippen LogP contribution is -2.44. The molecule has 0 N–H and O–H groups in total. The van der Waals surface area contributed by atoms with Gasteiger partial charge in [-0.15, -0.1) is 0 Å². The Bertz CT molecular complexity index is 913. The maximum Gasteiger partial charge on any atom is 0.242 e. The number of hydrogen-bond donors (Lipinski definition) is 0. The van der Waals surface area contributed by atoms with E-state index in [1.807, 2.05) is 9.80 Å². The summed E-state index contributed by atoms with van der Waals surface area (Å²) in [4.78, 5) is 30.0. The molecule has 1 saturated carbocycles. The van der Waals surface area contributed by atoms with Gasteiger partial charge in [-0.1, -0.05) is 57.0 Å². The Morgan fingerprint density at radius 2 is 1.88 bits per heavy atom. The quantitative estimate of drug-likeness (QED) is 0.417. The second-order valence-electron chi connectivity index (χ2n) is 10.0. The number of amides is 2. The van der Waals surface area contributed by atoms with Crippen molar-refractivity contribution in [1.82, 2.24) is 14.4 Å². The molecule has 2 amide bonds. The summed E-state index contributed by atoms with van der Waals surface area (Å²) in [6.45, 7) is 11.5. The molecule has 0 bridgehead atoms. The van der Waals surface area contributed by atoms with Crippen LogP contribution >= 0.6 is 0 Å². The first-order chi connectivity index (χ1) is 15.9. The topological polar surface area (TPSA) is 45.6 Å². The normalized spacial score (nSPS) is 13.4. The average molecular weight is 452 g/mol. The highest BCUT2D eigenvalue weighted by atomic mass is 16.2. The van der Waals surface area contributed by atoms with Gasteiger partial charge in [0.1, 0.15) is 0 Å². The molecule has 1 aliphatic rings. The van der Waals surface area contributed by atoms with Gasteiger partial charge in [-0.3, -0.25) is 9.59 Å². The molecule has 3 rings (SSSR count). The van der Waals surface area contributed by atoms with Gasteiger partial charge >= 0.3 is 0 Å². The zero-order chi connectivity index (χ0) is 23.8. The van der Waals surface area contributed by atoms with Gasteiger partial charge in [0.15, 0.2) is 0 Å². The van der Waals surface area contributed by atoms with E-state index in [-0.39, 0.29) is 24.3 Å². The van der Waals surface area contributed by atoms with Gasteiger partial charge in [0, 0.05) is 37.4 Å². The highest BCUT2D eigenvalue weighted by Gasteiger charge is 2.34. The fourth-order valence-corrected chi connectivity index (χ4v) is 4.12. The fraction of sp³-hybridized carbons (Fsp3) is 0.571. The number of rotatable bonds is 13. The summed E-state index contributed by atoms with van der Waals surface area (Å²) in [5, 5.41) is 0. The molecule has 0 unspecified atom stereocenters. The maximum atomic E-state index is 13.4. The summed E-state index contributed by atoms with van der Waals surface area (Å²) in [5.41, 5.74) is 3.64. The molecule has 180 valence electrons. The Labute approximate surface area is 199 Å². The van der Waals surface area contributed by atoms with Crippen molar-refractivity contribution >= 4 is 11.8 Å². The van der Waals surface area contributed by atoms with E-state index >= 15 is 0 Å². The van der Waals surface area contributed by atoms with Gasteiger partial charge in [-0.25, -0.2) is 0 Å². The van der Waals surface area contributed by atoms with Crippen molar-refractivity contribution in [2.75, 3.05) is 19.6 Å². The first-order valence-corrected chi connectivity index (χ1v) is 12.6. The Kier molecular flexibility index (Phi) is 9.16. The van der Waals surface area contributed by atoms with Crippen LogP contribution in [0.4, 0.5) is 0 Å². The molecule has 33 heavy (non-hydrogen) atoms. The van der Waals surface area contributed by atoms with Gasteiger partial charge in [0.25, 0.3) is 0 Å². The zero-order valence-corrected chi connectivity index (χ0v) is 20.9. The van der Waals surface area contributed by atoms with Crippen LogP contribution in [0.3, 0.4) is 0 Å². The van der Waals surface area contributed by atoms with Crippen molar-refractivity contribution in [3.8, 4) is 0 Å². The third kappa shape index (κ3) is 7.76. The van der Waals surface area contributed by atoms with E-state index < -0.39 is 0 Å².